The summed E-state index contributed by atoms with van der Waals surface area (Å²) in [6.45, 7) is 6.05. The molecule has 80 valence electrons. The van der Waals surface area contributed by atoms with Crippen LogP contribution in [0, 0.1) is 13.8 Å². The molecule has 15 heavy (non-hydrogen) atoms. The van der Waals surface area contributed by atoms with E-state index in [1.807, 2.05) is 19.9 Å². The highest BCUT2D eigenvalue weighted by molar-refractivity contribution is 7.79. The summed E-state index contributed by atoms with van der Waals surface area (Å²) in [5, 5.41) is 1.62. The average molecular weight is 222 g/mol. The van der Waals surface area contributed by atoms with Gasteiger partial charge in [0.05, 0.1) is 12.2 Å². The molecule has 0 atom stereocenters. The molecule has 0 radical (unpaired) electrons. The van der Waals surface area contributed by atoms with Gasteiger partial charge in [-0.05, 0) is 43.5 Å². The molecule has 3 heteroatoms. The van der Waals surface area contributed by atoms with Gasteiger partial charge in [0, 0.05) is 5.37 Å². The van der Waals surface area contributed by atoms with E-state index in [1.165, 1.54) is 0 Å². The molecule has 0 amide bonds. The molecule has 0 aliphatic heterocycles. The maximum atomic E-state index is 11.6. The Morgan fingerprint density at radius 3 is 2.60 bits per heavy atom. The van der Waals surface area contributed by atoms with Crippen LogP contribution in [0.25, 0.3) is 0 Å². The smallest absolute Gasteiger partial charge is 0.338 e. The summed E-state index contributed by atoms with van der Waals surface area (Å²) >= 11 is 4.88. The van der Waals surface area contributed by atoms with Crippen molar-refractivity contribution in [1.29, 1.82) is 0 Å². The molecule has 0 aliphatic rings. The van der Waals surface area contributed by atoms with Gasteiger partial charge >= 0.3 is 5.97 Å². The molecular weight excluding hydrogens is 208 g/mol. The van der Waals surface area contributed by atoms with Crippen molar-refractivity contribution in [2.45, 2.75) is 20.8 Å². The van der Waals surface area contributed by atoms with E-state index >= 15 is 0 Å². The Balaban J connectivity index is 3.17. The lowest BCUT2D eigenvalue weighted by Gasteiger charge is -2.09. The second kappa shape index (κ2) is 5.03. The number of carbonyl (C=O) groups excluding carboxylic acids is 1. The van der Waals surface area contributed by atoms with Crippen LogP contribution >= 0.6 is 12.2 Å². The third-order valence-corrected chi connectivity index (χ3v) is 2.71. The summed E-state index contributed by atoms with van der Waals surface area (Å²) in [6.07, 6.45) is 0. The molecule has 0 aromatic heterocycles. The van der Waals surface area contributed by atoms with Crippen molar-refractivity contribution >= 4 is 23.6 Å². The maximum Gasteiger partial charge on any atom is 0.338 e. The lowest BCUT2D eigenvalue weighted by molar-refractivity contribution is 0.0525. The monoisotopic (exact) mass is 222 g/mol. The predicted molar refractivity (Wildman–Crippen MR) is 64.6 cm³/mol. The highest BCUT2D eigenvalue weighted by atomic mass is 32.1. The van der Waals surface area contributed by atoms with Crippen LogP contribution in [0.15, 0.2) is 12.1 Å². The number of hydrogen-bond acceptors (Lipinski definition) is 3. The van der Waals surface area contributed by atoms with Crippen LogP contribution in [0.2, 0.25) is 0 Å². The third kappa shape index (κ3) is 2.42. The number of benzene rings is 1. The van der Waals surface area contributed by atoms with E-state index in [9.17, 15) is 4.79 Å². The lowest BCUT2D eigenvalue weighted by atomic mass is 9.99. The van der Waals surface area contributed by atoms with Crippen LogP contribution in [-0.4, -0.2) is 17.9 Å². The zero-order chi connectivity index (χ0) is 11.4. The summed E-state index contributed by atoms with van der Waals surface area (Å²) in [7, 11) is 0. The summed E-state index contributed by atoms with van der Waals surface area (Å²) in [4.78, 5) is 11.6. The molecule has 1 aromatic rings. The van der Waals surface area contributed by atoms with Gasteiger partial charge in [-0.25, -0.2) is 4.79 Å². The minimum Gasteiger partial charge on any atom is -0.462 e. The molecule has 0 saturated heterocycles. The zero-order valence-corrected chi connectivity index (χ0v) is 9.98. The Morgan fingerprint density at radius 1 is 1.40 bits per heavy atom. The van der Waals surface area contributed by atoms with Gasteiger partial charge in [-0.15, -0.1) is 0 Å². The Labute approximate surface area is 95.3 Å². The van der Waals surface area contributed by atoms with Gasteiger partial charge in [0.1, 0.15) is 0 Å². The van der Waals surface area contributed by atoms with E-state index in [-0.39, 0.29) is 5.97 Å². The summed E-state index contributed by atoms with van der Waals surface area (Å²) < 4.78 is 4.96. The minimum atomic E-state index is -0.269. The van der Waals surface area contributed by atoms with E-state index < -0.39 is 0 Å². The fraction of sp³-hybridized carbons (Fsp3) is 0.333. The SMILES string of the molecule is CCOC(=O)c1ccc(C=S)c(C)c1C. The Hall–Kier alpha value is -1.22. The van der Waals surface area contributed by atoms with E-state index in [2.05, 4.69) is 0 Å². The van der Waals surface area contributed by atoms with E-state index in [0.717, 1.165) is 16.7 Å². The number of hydrogen-bond donors (Lipinski definition) is 0. The number of rotatable bonds is 3. The largest absolute Gasteiger partial charge is 0.462 e. The summed E-state index contributed by atoms with van der Waals surface area (Å²) in [6, 6.07) is 3.61. The van der Waals surface area contributed by atoms with E-state index in [1.54, 1.807) is 18.4 Å². The first-order chi connectivity index (χ1) is 7.11. The molecule has 0 aliphatic carbocycles. The second-order valence-corrected chi connectivity index (χ2v) is 3.53. The van der Waals surface area contributed by atoms with Crippen molar-refractivity contribution in [2.75, 3.05) is 6.61 Å². The first-order valence-corrected chi connectivity index (χ1v) is 5.31. The molecule has 0 heterocycles. The summed E-state index contributed by atoms with van der Waals surface area (Å²) in [5.74, 6) is -0.269. The maximum absolute atomic E-state index is 11.6. The van der Waals surface area contributed by atoms with Crippen molar-refractivity contribution in [1.82, 2.24) is 0 Å². The number of carbonyl (C=O) groups is 1. The van der Waals surface area contributed by atoms with Gasteiger partial charge in [-0.3, -0.25) is 0 Å². The van der Waals surface area contributed by atoms with Crippen molar-refractivity contribution in [3.63, 3.8) is 0 Å². The fourth-order valence-corrected chi connectivity index (χ4v) is 1.65. The molecule has 1 aromatic carbocycles. The molecule has 0 fully saturated rings. The first-order valence-electron chi connectivity index (χ1n) is 4.84. The Morgan fingerprint density at radius 2 is 2.07 bits per heavy atom. The fourth-order valence-electron chi connectivity index (χ4n) is 1.40. The standard InChI is InChI=1S/C12H14O2S/c1-4-14-12(13)11-6-5-10(7-15)8(2)9(11)3/h5-7H,4H2,1-3H3. The number of ether oxygens (including phenoxy) is 1. The molecule has 0 saturated carbocycles. The predicted octanol–water partition coefficient (Wildman–Crippen LogP) is 2.83. The van der Waals surface area contributed by atoms with E-state index in [0.29, 0.717) is 12.2 Å². The first kappa shape index (κ1) is 11.9. The van der Waals surface area contributed by atoms with Gasteiger partial charge in [0.2, 0.25) is 0 Å². The lowest BCUT2D eigenvalue weighted by Crippen LogP contribution is -2.08. The van der Waals surface area contributed by atoms with Crippen molar-refractivity contribution in [2.24, 2.45) is 0 Å². The van der Waals surface area contributed by atoms with Gasteiger partial charge in [-0.1, -0.05) is 18.3 Å². The van der Waals surface area contributed by atoms with E-state index in [4.69, 9.17) is 17.0 Å². The van der Waals surface area contributed by atoms with Crippen LogP contribution < -0.4 is 0 Å². The number of thiocarbonyl (C=S) groups is 1. The number of esters is 1. The van der Waals surface area contributed by atoms with Gasteiger partial charge in [0.25, 0.3) is 0 Å². The molecule has 1 rings (SSSR count). The Kier molecular flexibility index (Phi) is 3.97. The van der Waals surface area contributed by atoms with Crippen molar-refractivity contribution in [3.8, 4) is 0 Å². The molecule has 0 unspecified atom stereocenters. The quantitative estimate of drug-likeness (QED) is 0.581. The molecule has 0 N–H and O–H groups in total. The average Bonchev–Trinajstić information content (AvgIpc) is 2.22. The summed E-state index contributed by atoms with van der Waals surface area (Å²) in [5.41, 5.74) is 3.58. The molecule has 0 spiro atoms. The van der Waals surface area contributed by atoms with Crippen molar-refractivity contribution in [3.05, 3.63) is 34.4 Å². The minimum absolute atomic E-state index is 0.269. The highest BCUT2D eigenvalue weighted by Crippen LogP contribution is 2.17. The topological polar surface area (TPSA) is 26.3 Å². The third-order valence-electron chi connectivity index (χ3n) is 2.45. The van der Waals surface area contributed by atoms with Gasteiger partial charge < -0.3 is 4.74 Å². The second-order valence-electron chi connectivity index (χ2n) is 3.29. The van der Waals surface area contributed by atoms with Crippen molar-refractivity contribution < 1.29 is 9.53 Å². The van der Waals surface area contributed by atoms with Crippen LogP contribution in [0.1, 0.15) is 34.0 Å². The zero-order valence-electron chi connectivity index (χ0n) is 9.16. The van der Waals surface area contributed by atoms with Gasteiger partial charge in [0.15, 0.2) is 0 Å². The van der Waals surface area contributed by atoms with Crippen LogP contribution in [-0.2, 0) is 4.74 Å². The normalized spacial score (nSPS) is 9.80. The molecular formula is C12H14O2S. The van der Waals surface area contributed by atoms with Crippen LogP contribution in [0.4, 0.5) is 0 Å². The molecule has 2 nitrogen and oxygen atoms in total. The Bertz CT molecular complexity index is 397. The highest BCUT2D eigenvalue weighted by Gasteiger charge is 2.12. The molecule has 0 bridgehead atoms. The van der Waals surface area contributed by atoms with Crippen LogP contribution in [0.3, 0.4) is 0 Å². The van der Waals surface area contributed by atoms with Crippen LogP contribution in [0.5, 0.6) is 0 Å². The van der Waals surface area contributed by atoms with Gasteiger partial charge in [-0.2, -0.15) is 0 Å².